The summed E-state index contributed by atoms with van der Waals surface area (Å²) in [6.07, 6.45) is 4.17. The van der Waals surface area contributed by atoms with Gasteiger partial charge in [-0.3, -0.25) is 0 Å². The van der Waals surface area contributed by atoms with Crippen molar-refractivity contribution in [3.05, 3.63) is 0 Å². The van der Waals surface area contributed by atoms with Crippen molar-refractivity contribution in [3.63, 3.8) is 0 Å². The van der Waals surface area contributed by atoms with Gasteiger partial charge in [0, 0.05) is 18.6 Å². The largest absolute Gasteiger partial charge is 0.316 e. The lowest BCUT2D eigenvalue weighted by molar-refractivity contribution is 0.524. The predicted molar refractivity (Wildman–Crippen MR) is 60.8 cm³/mol. The smallest absolute Gasteiger partial charge is 0.277 e. The van der Waals surface area contributed by atoms with E-state index < -0.39 is 10.2 Å². The van der Waals surface area contributed by atoms with E-state index >= 15 is 0 Å². The van der Waals surface area contributed by atoms with Gasteiger partial charge in [-0.05, 0) is 26.8 Å². The lowest BCUT2D eigenvalue weighted by Gasteiger charge is -2.15. The molecule has 0 aliphatic heterocycles. The van der Waals surface area contributed by atoms with Crippen LogP contribution in [0.1, 0.15) is 32.6 Å². The number of nitrogens with one attached hydrogen (secondary N) is 3. The first-order valence-corrected chi connectivity index (χ1v) is 6.96. The molecule has 0 saturated heterocycles. The summed E-state index contributed by atoms with van der Waals surface area (Å²) in [6, 6.07) is 0.276. The summed E-state index contributed by atoms with van der Waals surface area (Å²) in [4.78, 5) is 0. The monoisotopic (exact) mass is 235 g/mol. The minimum absolute atomic E-state index is 0.132. The fourth-order valence-corrected chi connectivity index (χ4v) is 2.87. The average molecular weight is 235 g/mol. The van der Waals surface area contributed by atoms with Crippen molar-refractivity contribution in [1.82, 2.24) is 14.8 Å². The highest BCUT2D eigenvalue weighted by atomic mass is 32.2. The Morgan fingerprint density at radius 1 is 1.33 bits per heavy atom. The Balaban J connectivity index is 2.31. The van der Waals surface area contributed by atoms with Crippen molar-refractivity contribution in [3.8, 4) is 0 Å². The van der Waals surface area contributed by atoms with Crippen molar-refractivity contribution in [2.24, 2.45) is 0 Å². The van der Waals surface area contributed by atoms with E-state index in [0.717, 1.165) is 25.7 Å². The Bertz CT molecular complexity index is 273. The van der Waals surface area contributed by atoms with Crippen LogP contribution in [-0.4, -0.2) is 34.1 Å². The summed E-state index contributed by atoms with van der Waals surface area (Å²) < 4.78 is 28.3. The van der Waals surface area contributed by atoms with Gasteiger partial charge in [0.25, 0.3) is 10.2 Å². The van der Waals surface area contributed by atoms with Crippen LogP contribution < -0.4 is 14.8 Å². The van der Waals surface area contributed by atoms with Crippen molar-refractivity contribution in [2.75, 3.05) is 13.6 Å². The molecule has 0 bridgehead atoms. The second-order valence-electron chi connectivity index (χ2n) is 4.14. The molecule has 0 radical (unpaired) electrons. The van der Waals surface area contributed by atoms with Crippen LogP contribution in [0.15, 0.2) is 0 Å². The normalized spacial score (nSPS) is 20.7. The molecular formula is C9H21N3O2S. The van der Waals surface area contributed by atoms with Crippen LogP contribution in [0.2, 0.25) is 0 Å². The van der Waals surface area contributed by atoms with Gasteiger partial charge in [-0.15, -0.1) is 0 Å². The molecule has 3 N–H and O–H groups in total. The molecule has 1 atom stereocenters. The van der Waals surface area contributed by atoms with Crippen molar-refractivity contribution in [1.29, 1.82) is 0 Å². The molecule has 90 valence electrons. The molecule has 1 saturated carbocycles. The molecule has 1 aliphatic carbocycles. The molecular weight excluding hydrogens is 214 g/mol. The Hall–Kier alpha value is -0.170. The molecule has 0 spiro atoms. The van der Waals surface area contributed by atoms with Crippen LogP contribution >= 0.6 is 0 Å². The third-order valence-electron chi connectivity index (χ3n) is 2.75. The molecule has 0 aromatic heterocycles. The highest BCUT2D eigenvalue weighted by molar-refractivity contribution is 7.87. The van der Waals surface area contributed by atoms with Gasteiger partial charge in [0.15, 0.2) is 0 Å². The van der Waals surface area contributed by atoms with Gasteiger partial charge >= 0.3 is 0 Å². The molecule has 0 aromatic rings. The third-order valence-corrected chi connectivity index (χ3v) is 3.94. The van der Waals surface area contributed by atoms with Crippen LogP contribution in [0.25, 0.3) is 0 Å². The molecule has 0 aromatic carbocycles. The number of likely N-dealkylation sites (N-methyl/N-ethyl adjacent to an activating group) is 1. The highest BCUT2D eigenvalue weighted by Gasteiger charge is 2.20. The van der Waals surface area contributed by atoms with E-state index in [4.69, 9.17) is 0 Å². The quantitative estimate of drug-likeness (QED) is 0.605. The predicted octanol–water partition coefficient (Wildman–Crippen LogP) is -0.0391. The second kappa shape index (κ2) is 5.79. The van der Waals surface area contributed by atoms with E-state index in [1.165, 1.54) is 0 Å². The lowest BCUT2D eigenvalue weighted by Crippen LogP contribution is -2.45. The van der Waals surface area contributed by atoms with Crippen molar-refractivity contribution in [2.45, 2.75) is 44.7 Å². The zero-order valence-corrected chi connectivity index (χ0v) is 10.2. The maximum atomic E-state index is 11.6. The van der Waals surface area contributed by atoms with Crippen LogP contribution in [0.5, 0.6) is 0 Å². The maximum absolute atomic E-state index is 11.6. The first-order valence-electron chi connectivity index (χ1n) is 5.47. The molecule has 1 aliphatic rings. The van der Waals surface area contributed by atoms with E-state index in [9.17, 15) is 8.42 Å². The highest BCUT2D eigenvalue weighted by Crippen LogP contribution is 2.17. The molecule has 15 heavy (non-hydrogen) atoms. The van der Waals surface area contributed by atoms with Crippen LogP contribution in [0, 0.1) is 0 Å². The van der Waals surface area contributed by atoms with Crippen LogP contribution in [-0.2, 0) is 10.2 Å². The summed E-state index contributed by atoms with van der Waals surface area (Å²) in [5.74, 6) is 0. The molecule has 1 unspecified atom stereocenters. The minimum atomic E-state index is -3.31. The van der Waals surface area contributed by atoms with E-state index in [1.807, 2.05) is 14.0 Å². The van der Waals surface area contributed by atoms with Gasteiger partial charge in [0.1, 0.15) is 0 Å². The van der Waals surface area contributed by atoms with Gasteiger partial charge in [-0.2, -0.15) is 13.1 Å². The van der Waals surface area contributed by atoms with Crippen LogP contribution in [0.4, 0.5) is 0 Å². The third kappa shape index (κ3) is 4.92. The van der Waals surface area contributed by atoms with Crippen molar-refractivity contribution < 1.29 is 8.42 Å². The Kier molecular flexibility index (Phi) is 4.98. The van der Waals surface area contributed by atoms with E-state index in [1.54, 1.807) is 0 Å². The molecule has 0 amide bonds. The van der Waals surface area contributed by atoms with Gasteiger partial charge in [0.2, 0.25) is 0 Å². The molecule has 1 fully saturated rings. The summed E-state index contributed by atoms with van der Waals surface area (Å²) in [5.41, 5.74) is 0. The Morgan fingerprint density at radius 3 is 2.47 bits per heavy atom. The fraction of sp³-hybridized carbons (Fsp3) is 1.00. The minimum Gasteiger partial charge on any atom is -0.316 e. The second-order valence-corrected chi connectivity index (χ2v) is 5.67. The zero-order valence-electron chi connectivity index (χ0n) is 9.41. The molecule has 0 heterocycles. The lowest BCUT2D eigenvalue weighted by atomic mass is 10.3. The topological polar surface area (TPSA) is 70.2 Å². The molecule has 1 rings (SSSR count). The van der Waals surface area contributed by atoms with E-state index in [0.29, 0.717) is 6.54 Å². The van der Waals surface area contributed by atoms with Gasteiger partial charge in [-0.1, -0.05) is 12.8 Å². The van der Waals surface area contributed by atoms with Gasteiger partial charge in [0.05, 0.1) is 0 Å². The standard InChI is InChI=1S/C9H21N3O2S/c1-8(10-2)7-11-15(13,14)12-9-5-3-4-6-9/h8-12H,3-7H2,1-2H3. The van der Waals surface area contributed by atoms with E-state index in [2.05, 4.69) is 14.8 Å². The molecule has 6 heteroatoms. The van der Waals surface area contributed by atoms with Crippen LogP contribution in [0.3, 0.4) is 0 Å². The summed E-state index contributed by atoms with van der Waals surface area (Å²) in [5, 5.41) is 2.98. The SMILES string of the molecule is CNC(C)CNS(=O)(=O)NC1CCCC1. The van der Waals surface area contributed by atoms with Gasteiger partial charge < -0.3 is 5.32 Å². The fourth-order valence-electron chi connectivity index (χ4n) is 1.64. The first-order chi connectivity index (χ1) is 7.03. The summed E-state index contributed by atoms with van der Waals surface area (Å²) in [6.45, 7) is 2.34. The number of rotatable bonds is 6. The number of hydrogen-bond donors (Lipinski definition) is 3. The van der Waals surface area contributed by atoms with Gasteiger partial charge in [-0.25, -0.2) is 4.72 Å². The Labute approximate surface area is 92.2 Å². The first kappa shape index (κ1) is 12.9. The van der Waals surface area contributed by atoms with Crippen molar-refractivity contribution >= 4 is 10.2 Å². The van der Waals surface area contributed by atoms with E-state index in [-0.39, 0.29) is 12.1 Å². The summed E-state index contributed by atoms with van der Waals surface area (Å²) >= 11 is 0. The average Bonchev–Trinajstić information content (AvgIpc) is 2.66. The molecule has 5 nitrogen and oxygen atoms in total. The Morgan fingerprint density at radius 2 is 1.93 bits per heavy atom. The number of hydrogen-bond acceptors (Lipinski definition) is 3. The summed E-state index contributed by atoms with van der Waals surface area (Å²) in [7, 11) is -1.50. The zero-order chi connectivity index (χ0) is 11.3. The maximum Gasteiger partial charge on any atom is 0.277 e.